The minimum Gasteiger partial charge on any atom is -0.506 e. The molecule has 0 aromatic heterocycles. The topological polar surface area (TPSA) is 192 Å². The summed E-state index contributed by atoms with van der Waals surface area (Å²) in [4.78, 5) is 29.7. The van der Waals surface area contributed by atoms with E-state index in [1.165, 1.54) is 18.2 Å². The van der Waals surface area contributed by atoms with Crippen LogP contribution in [0.25, 0.3) is 5.76 Å². The molecule has 15 heteroatoms. The third kappa shape index (κ3) is 5.08. The fourth-order valence-corrected chi connectivity index (χ4v) is 6.46. The quantitative estimate of drug-likeness (QED) is 0.329. The van der Waals surface area contributed by atoms with E-state index in [1.54, 1.807) is 18.2 Å². The van der Waals surface area contributed by atoms with E-state index in [-0.39, 0.29) is 33.7 Å². The number of sulfonamides is 2. The highest BCUT2D eigenvalue weighted by molar-refractivity contribution is 7.92. The third-order valence-electron chi connectivity index (χ3n) is 6.45. The van der Waals surface area contributed by atoms with Crippen LogP contribution in [-0.4, -0.2) is 51.0 Å². The van der Waals surface area contributed by atoms with Gasteiger partial charge in [0.2, 0.25) is 0 Å². The van der Waals surface area contributed by atoms with E-state index in [0.29, 0.717) is 12.0 Å². The molecule has 0 fully saturated rings. The number of nitrogens with one attached hydrogen (secondary N) is 2. The molecule has 0 bridgehead atoms. The van der Waals surface area contributed by atoms with Crippen LogP contribution in [0.3, 0.4) is 0 Å². The lowest BCUT2D eigenvalue weighted by atomic mass is 9.71. The monoisotopic (exact) mass is 592 g/mol. The van der Waals surface area contributed by atoms with Crippen LogP contribution in [0.15, 0.2) is 57.3 Å². The Morgan fingerprint density at radius 1 is 1.23 bits per heavy atom. The average Bonchev–Trinajstić information content (AvgIpc) is 2.86. The number of rotatable bonds is 8. The number of benzene rings is 2. The lowest BCUT2D eigenvalue weighted by Gasteiger charge is -2.38. The Kier molecular flexibility index (Phi) is 7.53. The number of carbonyl (C=O) groups is 2. The number of hydrogen-bond acceptors (Lipinski definition) is 11. The number of ketones is 1. The highest BCUT2D eigenvalue weighted by Crippen LogP contribution is 2.43. The first-order valence-corrected chi connectivity index (χ1v) is 15.4. The van der Waals surface area contributed by atoms with E-state index in [4.69, 9.17) is 4.84 Å². The molecule has 0 saturated heterocycles. The first kappa shape index (κ1) is 29.2. The molecule has 40 heavy (non-hydrogen) atoms. The number of fused-ring (bicyclic) bond motifs is 2. The summed E-state index contributed by atoms with van der Waals surface area (Å²) in [6.07, 6.45) is 1.40. The summed E-state index contributed by atoms with van der Waals surface area (Å²) in [5, 5.41) is 24.2. The summed E-state index contributed by atoms with van der Waals surface area (Å²) in [6, 6.07) is 9.71. The van der Waals surface area contributed by atoms with Gasteiger partial charge in [-0.25, -0.2) is 13.2 Å². The molecular formula is C25H28N4O9S2. The fourth-order valence-electron chi connectivity index (χ4n) is 4.58. The highest BCUT2D eigenvalue weighted by atomic mass is 32.2. The minimum atomic E-state index is -4.58. The Balaban J connectivity index is 1.86. The molecule has 1 atom stereocenters. The molecule has 2 aliphatic rings. The molecule has 0 radical (unpaired) electrons. The SMILES string of the molecule is CC(=O)ON(c1ccc2c(c1)S(=O)(=O)N=C(C1=C(O)c3ccccc3C(CCC(C)C)(NO)C1=O)N2)S(C)(=O)=O. The van der Waals surface area contributed by atoms with Gasteiger partial charge in [-0.3, -0.25) is 4.79 Å². The van der Waals surface area contributed by atoms with Crippen LogP contribution in [0.1, 0.15) is 44.7 Å². The van der Waals surface area contributed by atoms with E-state index in [1.807, 2.05) is 13.8 Å². The van der Waals surface area contributed by atoms with E-state index in [9.17, 15) is 36.7 Å². The van der Waals surface area contributed by atoms with Gasteiger partial charge in [-0.1, -0.05) is 42.6 Å². The summed E-state index contributed by atoms with van der Waals surface area (Å²) in [7, 11) is -8.73. The van der Waals surface area contributed by atoms with Crippen molar-refractivity contribution in [2.75, 3.05) is 16.0 Å². The molecule has 4 N–H and O–H groups in total. The predicted octanol–water partition coefficient (Wildman–Crippen LogP) is 2.61. The van der Waals surface area contributed by atoms with Crippen LogP contribution in [0.4, 0.5) is 11.4 Å². The normalized spacial score (nSPS) is 19.9. The van der Waals surface area contributed by atoms with Crippen LogP contribution in [-0.2, 0) is 40.0 Å². The Bertz CT molecular complexity index is 1680. The van der Waals surface area contributed by atoms with Crippen molar-refractivity contribution < 1.29 is 41.6 Å². The second kappa shape index (κ2) is 10.3. The average molecular weight is 593 g/mol. The number of Topliss-reactive ketones (excluding diaryl/α,β-unsaturated/α-hetero) is 1. The van der Waals surface area contributed by atoms with Crippen molar-refractivity contribution >= 4 is 54.8 Å². The maximum absolute atomic E-state index is 14.0. The number of aliphatic hydroxyl groups is 1. The molecule has 0 saturated carbocycles. The molecule has 2 aromatic carbocycles. The number of carbonyl (C=O) groups excluding carboxylic acids is 2. The summed E-state index contributed by atoms with van der Waals surface area (Å²) in [5.74, 6) is -2.62. The van der Waals surface area contributed by atoms with Crippen LogP contribution in [0.2, 0.25) is 0 Å². The maximum Gasteiger partial charge on any atom is 0.330 e. The van der Waals surface area contributed by atoms with Gasteiger partial charge >= 0.3 is 5.97 Å². The summed E-state index contributed by atoms with van der Waals surface area (Å²) < 4.78 is 54.9. The molecule has 2 aromatic rings. The molecule has 0 amide bonds. The van der Waals surface area contributed by atoms with Crippen LogP contribution in [0, 0.1) is 5.92 Å². The molecule has 214 valence electrons. The van der Waals surface area contributed by atoms with Crippen LogP contribution in [0.5, 0.6) is 0 Å². The molecule has 1 heterocycles. The van der Waals surface area contributed by atoms with Crippen LogP contribution >= 0.6 is 0 Å². The molecular weight excluding hydrogens is 564 g/mol. The van der Waals surface area contributed by atoms with Crippen molar-refractivity contribution in [1.29, 1.82) is 0 Å². The highest BCUT2D eigenvalue weighted by Gasteiger charge is 2.49. The van der Waals surface area contributed by atoms with Gasteiger partial charge in [0.05, 0.1) is 17.6 Å². The van der Waals surface area contributed by atoms with Crippen molar-refractivity contribution in [2.24, 2.45) is 10.3 Å². The Morgan fingerprint density at radius 2 is 1.90 bits per heavy atom. The van der Waals surface area contributed by atoms with E-state index < -0.39 is 59.4 Å². The molecule has 4 rings (SSSR count). The number of hydrogen-bond donors (Lipinski definition) is 4. The van der Waals surface area contributed by atoms with Gasteiger partial charge in [0.25, 0.3) is 20.0 Å². The first-order valence-electron chi connectivity index (χ1n) is 12.1. The molecule has 1 aliphatic heterocycles. The predicted molar refractivity (Wildman–Crippen MR) is 145 cm³/mol. The van der Waals surface area contributed by atoms with Crippen molar-refractivity contribution in [1.82, 2.24) is 5.48 Å². The molecule has 13 nitrogen and oxygen atoms in total. The van der Waals surface area contributed by atoms with E-state index in [2.05, 4.69) is 15.2 Å². The van der Waals surface area contributed by atoms with Crippen molar-refractivity contribution in [3.05, 3.63) is 59.2 Å². The smallest absolute Gasteiger partial charge is 0.330 e. The maximum atomic E-state index is 14.0. The Morgan fingerprint density at radius 3 is 2.50 bits per heavy atom. The lowest BCUT2D eigenvalue weighted by molar-refractivity contribution is -0.140. The number of aliphatic hydroxyl groups excluding tert-OH is 1. The largest absolute Gasteiger partial charge is 0.506 e. The van der Waals surface area contributed by atoms with Crippen LogP contribution < -0.4 is 15.3 Å². The van der Waals surface area contributed by atoms with E-state index in [0.717, 1.165) is 19.2 Å². The second-order valence-electron chi connectivity index (χ2n) is 9.84. The van der Waals surface area contributed by atoms with E-state index >= 15 is 0 Å². The number of amidine groups is 1. The van der Waals surface area contributed by atoms with Crippen molar-refractivity contribution in [3.63, 3.8) is 0 Å². The first-order chi connectivity index (χ1) is 18.6. The van der Waals surface area contributed by atoms with Crippen molar-refractivity contribution in [2.45, 2.75) is 44.0 Å². The zero-order valence-corrected chi connectivity index (χ0v) is 23.6. The van der Waals surface area contributed by atoms with Gasteiger partial charge in [0, 0.05) is 12.5 Å². The molecule has 1 aliphatic carbocycles. The standard InChI is InChI=1S/C25H28N4O9S2/c1-14(2)11-12-25(28-33)18-8-6-5-7-17(18)22(31)21(23(25)32)24-26-19-10-9-16(13-20(19)40(36,37)27-24)29(38-15(3)30)39(4,34)35/h5-10,13-14,28,31,33H,11-12H2,1-4H3,(H,26,27). The van der Waals surface area contributed by atoms with Gasteiger partial charge in [-0.05, 0) is 42.5 Å². The fraction of sp³-hybridized carbons (Fsp3) is 0.320. The van der Waals surface area contributed by atoms with Crippen molar-refractivity contribution in [3.8, 4) is 0 Å². The summed E-state index contributed by atoms with van der Waals surface area (Å²) >= 11 is 0. The summed E-state index contributed by atoms with van der Waals surface area (Å²) in [6.45, 7) is 4.86. The molecule has 0 spiro atoms. The Hall–Kier alpha value is -3.79. The third-order valence-corrected chi connectivity index (χ3v) is 8.65. The minimum absolute atomic E-state index is 0.0817. The second-order valence-corrected chi connectivity index (χ2v) is 13.2. The zero-order valence-electron chi connectivity index (χ0n) is 22.0. The Labute approximate surface area is 231 Å². The zero-order chi connectivity index (χ0) is 29.6. The number of hydroxylamine groups is 1. The number of anilines is 2. The van der Waals surface area contributed by atoms with Gasteiger partial charge in [0.1, 0.15) is 21.8 Å². The van der Waals surface area contributed by atoms with Gasteiger partial charge in [0.15, 0.2) is 11.6 Å². The summed E-state index contributed by atoms with van der Waals surface area (Å²) in [5.41, 5.74) is 0.127. The van der Waals surface area contributed by atoms with Gasteiger partial charge in [-0.2, -0.15) is 13.9 Å². The number of nitrogens with zero attached hydrogens (tertiary/aromatic N) is 2. The molecule has 1 unspecified atom stereocenters. The lowest BCUT2D eigenvalue weighted by Crippen LogP contribution is -2.52. The van der Waals surface area contributed by atoms with Gasteiger partial charge in [-0.15, -0.1) is 4.40 Å². The van der Waals surface area contributed by atoms with Gasteiger partial charge < -0.3 is 20.5 Å².